The molecule has 0 saturated carbocycles. The van der Waals surface area contributed by atoms with Gasteiger partial charge < -0.3 is 10.2 Å². The van der Waals surface area contributed by atoms with Gasteiger partial charge >= 0.3 is 0 Å². The van der Waals surface area contributed by atoms with Crippen molar-refractivity contribution >= 4 is 50.7 Å². The number of rotatable bonds is 14. The van der Waals surface area contributed by atoms with E-state index in [-0.39, 0.29) is 37.5 Å². The van der Waals surface area contributed by atoms with Crippen molar-refractivity contribution in [2.75, 3.05) is 23.7 Å². The minimum Gasteiger partial charge on any atom is -0.354 e. The quantitative estimate of drug-likeness (QED) is 0.292. The fourth-order valence-corrected chi connectivity index (χ4v) is 5.40. The first-order valence-corrected chi connectivity index (χ1v) is 14.9. The van der Waals surface area contributed by atoms with Crippen molar-refractivity contribution in [3.05, 3.63) is 63.6 Å². The third-order valence-corrected chi connectivity index (χ3v) is 7.85. The van der Waals surface area contributed by atoms with Crippen LogP contribution >= 0.6 is 23.2 Å². The fourth-order valence-electron chi connectivity index (χ4n) is 3.92. The number of nitrogens with one attached hydrogen (secondary N) is 1. The second kappa shape index (κ2) is 14.6. The van der Waals surface area contributed by atoms with Crippen LogP contribution in [0, 0.1) is 11.6 Å². The zero-order valence-electron chi connectivity index (χ0n) is 21.6. The molecule has 0 fully saturated rings. The van der Waals surface area contributed by atoms with Gasteiger partial charge in [-0.3, -0.25) is 13.9 Å². The first kappa shape index (κ1) is 31.8. The number of anilines is 1. The lowest BCUT2D eigenvalue weighted by molar-refractivity contribution is -0.141. The molecule has 12 heteroatoms. The Labute approximate surface area is 233 Å². The van der Waals surface area contributed by atoms with Gasteiger partial charge in [0.25, 0.3) is 0 Å². The van der Waals surface area contributed by atoms with E-state index >= 15 is 0 Å². The van der Waals surface area contributed by atoms with Crippen LogP contribution in [0.15, 0.2) is 36.4 Å². The SMILES string of the molecule is CCCCNC(=O)C(CC)N(Cc1c(Cl)cccc1Cl)C(=O)CCCN(c1ccc(F)c(F)c1)S(C)(=O)=O. The fraction of sp³-hybridized carbons (Fsp3) is 0.462. The predicted molar refractivity (Wildman–Crippen MR) is 147 cm³/mol. The second-order valence-electron chi connectivity index (χ2n) is 8.83. The number of halogens is 4. The molecule has 1 N–H and O–H groups in total. The summed E-state index contributed by atoms with van der Waals surface area (Å²) in [5.74, 6) is -3.00. The van der Waals surface area contributed by atoms with Gasteiger partial charge in [0.2, 0.25) is 21.8 Å². The summed E-state index contributed by atoms with van der Waals surface area (Å²) in [6.07, 6.45) is 2.90. The summed E-state index contributed by atoms with van der Waals surface area (Å²) < 4.78 is 52.7. The molecule has 0 aliphatic heterocycles. The molecule has 0 bridgehead atoms. The molecule has 0 heterocycles. The predicted octanol–water partition coefficient (Wildman–Crippen LogP) is 5.54. The lowest BCUT2D eigenvalue weighted by atomic mass is 10.1. The highest BCUT2D eigenvalue weighted by Gasteiger charge is 2.30. The zero-order chi connectivity index (χ0) is 28.5. The molecule has 0 saturated heterocycles. The topological polar surface area (TPSA) is 86.8 Å². The Morgan fingerprint density at radius 3 is 2.24 bits per heavy atom. The monoisotopic (exact) mass is 591 g/mol. The van der Waals surface area contributed by atoms with Crippen LogP contribution in [-0.4, -0.2) is 50.5 Å². The van der Waals surface area contributed by atoms with E-state index < -0.39 is 33.6 Å². The Bertz CT molecular complexity index is 1210. The minimum atomic E-state index is -3.85. The van der Waals surface area contributed by atoms with Crippen LogP contribution < -0.4 is 9.62 Å². The number of sulfonamides is 1. The summed E-state index contributed by atoms with van der Waals surface area (Å²) in [6.45, 7) is 4.08. The normalized spacial score (nSPS) is 12.2. The van der Waals surface area contributed by atoms with E-state index in [2.05, 4.69) is 5.32 Å². The molecule has 2 rings (SSSR count). The molecular formula is C26H33Cl2F2N3O4S. The molecule has 2 aromatic carbocycles. The van der Waals surface area contributed by atoms with Gasteiger partial charge in [0.05, 0.1) is 11.9 Å². The molecule has 2 aromatic rings. The number of carbonyl (C=O) groups excluding carboxylic acids is 2. The number of benzene rings is 2. The second-order valence-corrected chi connectivity index (χ2v) is 11.5. The van der Waals surface area contributed by atoms with Crippen molar-refractivity contribution in [1.82, 2.24) is 10.2 Å². The first-order chi connectivity index (χ1) is 17.9. The molecule has 0 spiro atoms. The van der Waals surface area contributed by atoms with Crippen LogP contribution in [0.1, 0.15) is 51.5 Å². The van der Waals surface area contributed by atoms with Crippen LogP contribution in [0.25, 0.3) is 0 Å². The van der Waals surface area contributed by atoms with E-state index in [0.29, 0.717) is 28.6 Å². The van der Waals surface area contributed by atoms with Gasteiger partial charge in [0, 0.05) is 47.7 Å². The number of amides is 2. The van der Waals surface area contributed by atoms with Crippen molar-refractivity contribution in [1.29, 1.82) is 0 Å². The third kappa shape index (κ3) is 8.81. The molecule has 2 amide bonds. The molecule has 0 aromatic heterocycles. The van der Waals surface area contributed by atoms with E-state index in [0.717, 1.165) is 41.6 Å². The van der Waals surface area contributed by atoms with Gasteiger partial charge in [0.1, 0.15) is 6.04 Å². The van der Waals surface area contributed by atoms with Gasteiger partial charge in [-0.05, 0) is 43.5 Å². The Morgan fingerprint density at radius 2 is 1.68 bits per heavy atom. The molecule has 0 radical (unpaired) electrons. The van der Waals surface area contributed by atoms with Gasteiger partial charge in [-0.1, -0.05) is 49.5 Å². The van der Waals surface area contributed by atoms with Crippen LogP contribution in [0.4, 0.5) is 14.5 Å². The molecule has 0 aliphatic carbocycles. The van der Waals surface area contributed by atoms with Gasteiger partial charge in [-0.2, -0.15) is 0 Å². The average molecular weight is 593 g/mol. The van der Waals surface area contributed by atoms with E-state index in [1.807, 2.05) is 6.92 Å². The summed E-state index contributed by atoms with van der Waals surface area (Å²) in [5.41, 5.74) is 0.434. The molecular weight excluding hydrogens is 559 g/mol. The Balaban J connectivity index is 2.27. The molecule has 7 nitrogen and oxygen atoms in total. The molecule has 38 heavy (non-hydrogen) atoms. The zero-order valence-corrected chi connectivity index (χ0v) is 24.0. The standard InChI is InChI=1S/C26H33Cl2F2N3O4S/c1-4-6-14-31-26(35)24(5-2)32(17-19-20(27)9-7-10-21(19)28)25(34)11-8-15-33(38(3,36)37)18-12-13-22(29)23(30)16-18/h7,9-10,12-13,16,24H,4-6,8,11,14-15,17H2,1-3H3,(H,31,35). The molecule has 1 unspecified atom stereocenters. The van der Waals surface area contributed by atoms with Crippen LogP contribution in [0.5, 0.6) is 0 Å². The number of hydrogen-bond acceptors (Lipinski definition) is 4. The average Bonchev–Trinajstić information content (AvgIpc) is 2.84. The maximum absolute atomic E-state index is 13.8. The highest BCUT2D eigenvalue weighted by Crippen LogP contribution is 2.28. The smallest absolute Gasteiger partial charge is 0.242 e. The Hall–Kier alpha value is -2.43. The summed E-state index contributed by atoms with van der Waals surface area (Å²) in [7, 11) is -3.85. The first-order valence-electron chi connectivity index (χ1n) is 12.3. The largest absolute Gasteiger partial charge is 0.354 e. The number of carbonyl (C=O) groups is 2. The summed E-state index contributed by atoms with van der Waals surface area (Å²) in [5, 5.41) is 3.55. The molecule has 210 valence electrons. The van der Waals surface area contributed by atoms with Crippen LogP contribution in [0.3, 0.4) is 0 Å². The van der Waals surface area contributed by atoms with Crippen molar-refractivity contribution in [3.63, 3.8) is 0 Å². The lowest BCUT2D eigenvalue weighted by Crippen LogP contribution is -2.49. The van der Waals surface area contributed by atoms with Crippen molar-refractivity contribution in [2.45, 2.75) is 58.5 Å². The maximum Gasteiger partial charge on any atom is 0.242 e. The Kier molecular flexibility index (Phi) is 12.3. The van der Waals surface area contributed by atoms with E-state index in [4.69, 9.17) is 23.2 Å². The van der Waals surface area contributed by atoms with Crippen LogP contribution in [-0.2, 0) is 26.2 Å². The van der Waals surface area contributed by atoms with Gasteiger partial charge in [0.15, 0.2) is 11.6 Å². The lowest BCUT2D eigenvalue weighted by Gasteiger charge is -2.31. The third-order valence-electron chi connectivity index (χ3n) is 5.95. The number of unbranched alkanes of at least 4 members (excludes halogenated alkanes) is 1. The minimum absolute atomic E-state index is 0.0178. The van der Waals surface area contributed by atoms with E-state index in [1.54, 1.807) is 25.1 Å². The Morgan fingerprint density at radius 1 is 1.03 bits per heavy atom. The van der Waals surface area contributed by atoms with E-state index in [9.17, 15) is 26.8 Å². The maximum atomic E-state index is 13.8. The van der Waals surface area contributed by atoms with Gasteiger partial charge in [-0.25, -0.2) is 17.2 Å². The number of hydrogen-bond donors (Lipinski definition) is 1. The summed E-state index contributed by atoms with van der Waals surface area (Å²) in [4.78, 5) is 27.8. The number of nitrogens with zero attached hydrogens (tertiary/aromatic N) is 2. The van der Waals surface area contributed by atoms with Crippen molar-refractivity contribution < 1.29 is 26.8 Å². The summed E-state index contributed by atoms with van der Waals surface area (Å²) >= 11 is 12.7. The van der Waals surface area contributed by atoms with Crippen molar-refractivity contribution in [3.8, 4) is 0 Å². The molecule has 0 aliphatic rings. The highest BCUT2D eigenvalue weighted by molar-refractivity contribution is 7.92. The summed E-state index contributed by atoms with van der Waals surface area (Å²) in [6, 6.07) is 6.93. The highest BCUT2D eigenvalue weighted by atomic mass is 35.5. The van der Waals surface area contributed by atoms with Crippen molar-refractivity contribution in [2.24, 2.45) is 0 Å². The molecule has 1 atom stereocenters. The van der Waals surface area contributed by atoms with Gasteiger partial charge in [-0.15, -0.1) is 0 Å². The van der Waals surface area contributed by atoms with E-state index in [1.165, 1.54) is 4.90 Å². The van der Waals surface area contributed by atoms with Crippen LogP contribution in [0.2, 0.25) is 10.0 Å².